The minimum absolute atomic E-state index is 0.150. The normalized spacial score (nSPS) is 10.9. The number of benzene rings is 2. The smallest absolute Gasteiger partial charge is 0.273 e. The van der Waals surface area contributed by atoms with Gasteiger partial charge in [0.2, 0.25) is 0 Å². The van der Waals surface area contributed by atoms with Gasteiger partial charge in [0.1, 0.15) is 11.4 Å². The summed E-state index contributed by atoms with van der Waals surface area (Å²) in [6, 6.07) is 13.6. The Hall–Kier alpha value is -3.12. The van der Waals surface area contributed by atoms with E-state index < -0.39 is 0 Å². The molecular formula is C21H19N3O2S. The maximum Gasteiger partial charge on any atom is 0.273 e. The molecule has 4 aromatic rings. The van der Waals surface area contributed by atoms with E-state index >= 15 is 0 Å². The number of methoxy groups -OCH3 is 1. The number of rotatable bonds is 4. The lowest BCUT2D eigenvalue weighted by atomic mass is 10.1. The average Bonchev–Trinajstić information content (AvgIpc) is 3.25. The number of imidazole rings is 1. The van der Waals surface area contributed by atoms with Crippen LogP contribution in [0.1, 0.15) is 21.6 Å². The highest BCUT2D eigenvalue weighted by molar-refractivity contribution is 7.15. The maximum absolute atomic E-state index is 12.7. The summed E-state index contributed by atoms with van der Waals surface area (Å²) in [4.78, 5) is 18.2. The molecule has 1 amide bonds. The van der Waals surface area contributed by atoms with Gasteiger partial charge in [0.15, 0.2) is 4.96 Å². The molecule has 136 valence electrons. The summed E-state index contributed by atoms with van der Waals surface area (Å²) in [5.41, 5.74) is 5.51. The molecule has 0 radical (unpaired) electrons. The fourth-order valence-electron chi connectivity index (χ4n) is 2.86. The quantitative estimate of drug-likeness (QED) is 0.548. The third-order valence-corrected chi connectivity index (χ3v) is 5.43. The molecule has 27 heavy (non-hydrogen) atoms. The van der Waals surface area contributed by atoms with Gasteiger partial charge in [-0.25, -0.2) is 4.98 Å². The monoisotopic (exact) mass is 377 g/mol. The second-order valence-corrected chi connectivity index (χ2v) is 7.22. The van der Waals surface area contributed by atoms with Crippen molar-refractivity contribution in [1.29, 1.82) is 0 Å². The highest BCUT2D eigenvalue weighted by atomic mass is 32.1. The van der Waals surface area contributed by atoms with Crippen molar-refractivity contribution < 1.29 is 9.53 Å². The van der Waals surface area contributed by atoms with Gasteiger partial charge >= 0.3 is 0 Å². The Morgan fingerprint density at radius 1 is 1.11 bits per heavy atom. The van der Waals surface area contributed by atoms with Crippen molar-refractivity contribution in [3.8, 4) is 17.0 Å². The number of ether oxygens (including phenoxy) is 1. The zero-order chi connectivity index (χ0) is 19.0. The minimum atomic E-state index is -0.150. The molecule has 0 aliphatic carbocycles. The third-order valence-electron chi connectivity index (χ3n) is 4.59. The van der Waals surface area contributed by atoms with E-state index in [4.69, 9.17) is 4.74 Å². The number of aromatic nitrogens is 2. The predicted molar refractivity (Wildman–Crippen MR) is 109 cm³/mol. The third kappa shape index (κ3) is 3.31. The number of amides is 1. The van der Waals surface area contributed by atoms with Gasteiger partial charge in [-0.05, 0) is 61.4 Å². The molecule has 0 spiro atoms. The van der Waals surface area contributed by atoms with Crippen LogP contribution >= 0.6 is 11.3 Å². The van der Waals surface area contributed by atoms with Gasteiger partial charge in [-0.15, -0.1) is 11.3 Å². The van der Waals surface area contributed by atoms with E-state index in [1.54, 1.807) is 7.11 Å². The van der Waals surface area contributed by atoms with Crippen LogP contribution in [0, 0.1) is 13.8 Å². The number of aryl methyl sites for hydroxylation is 2. The number of carbonyl (C=O) groups is 1. The van der Waals surface area contributed by atoms with Crippen LogP contribution in [-0.4, -0.2) is 22.4 Å². The molecule has 2 aromatic carbocycles. The molecule has 2 aromatic heterocycles. The number of anilines is 1. The summed E-state index contributed by atoms with van der Waals surface area (Å²) >= 11 is 1.45. The lowest BCUT2D eigenvalue weighted by Gasteiger charge is -2.07. The van der Waals surface area contributed by atoms with Crippen molar-refractivity contribution >= 4 is 27.9 Å². The Bertz CT molecular complexity index is 1130. The van der Waals surface area contributed by atoms with Crippen molar-refractivity contribution in [2.24, 2.45) is 0 Å². The molecular weight excluding hydrogens is 358 g/mol. The summed E-state index contributed by atoms with van der Waals surface area (Å²) in [6.07, 6.45) is 1.89. The Kier molecular flexibility index (Phi) is 4.41. The summed E-state index contributed by atoms with van der Waals surface area (Å²) in [6.45, 7) is 4.08. The molecule has 6 heteroatoms. The van der Waals surface area contributed by atoms with Crippen LogP contribution in [0.25, 0.3) is 16.2 Å². The largest absolute Gasteiger partial charge is 0.497 e. The van der Waals surface area contributed by atoms with E-state index in [0.717, 1.165) is 33.2 Å². The zero-order valence-corrected chi connectivity index (χ0v) is 16.1. The molecule has 5 nitrogen and oxygen atoms in total. The summed E-state index contributed by atoms with van der Waals surface area (Å²) in [5, 5.41) is 4.80. The Morgan fingerprint density at radius 3 is 2.59 bits per heavy atom. The predicted octanol–water partition coefficient (Wildman–Crippen LogP) is 4.94. The Balaban J connectivity index is 1.62. The summed E-state index contributed by atoms with van der Waals surface area (Å²) in [7, 11) is 1.64. The number of carbonyl (C=O) groups excluding carboxylic acids is 1. The van der Waals surface area contributed by atoms with Crippen molar-refractivity contribution in [2.75, 3.05) is 12.4 Å². The molecule has 0 fully saturated rings. The van der Waals surface area contributed by atoms with Crippen molar-refractivity contribution in [2.45, 2.75) is 13.8 Å². The summed E-state index contributed by atoms with van der Waals surface area (Å²) < 4.78 is 7.03. The highest BCUT2D eigenvalue weighted by Gasteiger charge is 2.15. The van der Waals surface area contributed by atoms with Crippen LogP contribution in [0.2, 0.25) is 0 Å². The van der Waals surface area contributed by atoms with E-state index in [-0.39, 0.29) is 5.91 Å². The second kappa shape index (κ2) is 6.89. The summed E-state index contributed by atoms with van der Waals surface area (Å²) in [5.74, 6) is 0.649. The standard InChI is InChI=1S/C21H19N3O2S/c1-13-4-7-16(10-14(13)2)22-20(25)19-12-27-21-23-18(11-24(19)21)15-5-8-17(26-3)9-6-15/h4-12H,1-3H3,(H,22,25). The fraction of sp³-hybridized carbons (Fsp3) is 0.143. The first-order chi connectivity index (χ1) is 13.0. The fourth-order valence-corrected chi connectivity index (χ4v) is 3.72. The lowest BCUT2D eigenvalue weighted by Crippen LogP contribution is -2.14. The number of nitrogens with one attached hydrogen (secondary N) is 1. The first-order valence-electron chi connectivity index (χ1n) is 8.55. The lowest BCUT2D eigenvalue weighted by molar-refractivity contribution is 0.102. The van der Waals surface area contributed by atoms with Gasteiger partial charge < -0.3 is 10.1 Å². The molecule has 2 heterocycles. The van der Waals surface area contributed by atoms with Crippen molar-refractivity contribution in [3.05, 3.63) is 70.9 Å². The number of fused-ring (bicyclic) bond motifs is 1. The van der Waals surface area contributed by atoms with E-state index in [2.05, 4.69) is 17.2 Å². The van der Waals surface area contributed by atoms with Crippen LogP contribution < -0.4 is 10.1 Å². The molecule has 0 saturated carbocycles. The molecule has 0 atom stereocenters. The molecule has 1 N–H and O–H groups in total. The van der Waals surface area contributed by atoms with Gasteiger partial charge in [-0.1, -0.05) is 6.07 Å². The van der Waals surface area contributed by atoms with E-state index in [1.165, 1.54) is 16.9 Å². The molecule has 0 bridgehead atoms. The first-order valence-corrected chi connectivity index (χ1v) is 9.43. The molecule has 0 aliphatic rings. The average molecular weight is 377 g/mol. The van der Waals surface area contributed by atoms with E-state index in [1.807, 2.05) is 65.4 Å². The van der Waals surface area contributed by atoms with Crippen molar-refractivity contribution in [1.82, 2.24) is 9.38 Å². The van der Waals surface area contributed by atoms with Gasteiger partial charge in [-0.3, -0.25) is 9.20 Å². The van der Waals surface area contributed by atoms with Gasteiger partial charge in [0, 0.05) is 22.8 Å². The Labute approximate surface area is 161 Å². The van der Waals surface area contributed by atoms with Crippen LogP contribution in [0.4, 0.5) is 5.69 Å². The zero-order valence-electron chi connectivity index (χ0n) is 15.3. The SMILES string of the molecule is COc1ccc(-c2cn3c(C(=O)Nc4ccc(C)c(C)c4)csc3n2)cc1. The number of thiazole rings is 1. The molecule has 0 saturated heterocycles. The van der Waals surface area contributed by atoms with Gasteiger partial charge in [0.25, 0.3) is 5.91 Å². The van der Waals surface area contributed by atoms with E-state index in [9.17, 15) is 4.79 Å². The Morgan fingerprint density at radius 2 is 1.89 bits per heavy atom. The molecule has 0 unspecified atom stereocenters. The van der Waals surface area contributed by atoms with Crippen LogP contribution in [0.5, 0.6) is 5.75 Å². The second-order valence-electron chi connectivity index (χ2n) is 6.38. The highest BCUT2D eigenvalue weighted by Crippen LogP contribution is 2.26. The number of hydrogen-bond acceptors (Lipinski definition) is 4. The minimum Gasteiger partial charge on any atom is -0.497 e. The topological polar surface area (TPSA) is 55.6 Å². The van der Waals surface area contributed by atoms with Gasteiger partial charge in [-0.2, -0.15) is 0 Å². The van der Waals surface area contributed by atoms with E-state index in [0.29, 0.717) is 5.69 Å². The van der Waals surface area contributed by atoms with Crippen molar-refractivity contribution in [3.63, 3.8) is 0 Å². The van der Waals surface area contributed by atoms with Crippen LogP contribution in [0.15, 0.2) is 54.0 Å². The van der Waals surface area contributed by atoms with Crippen LogP contribution in [0.3, 0.4) is 0 Å². The van der Waals surface area contributed by atoms with Gasteiger partial charge in [0.05, 0.1) is 12.8 Å². The first kappa shape index (κ1) is 17.3. The number of nitrogens with zero attached hydrogens (tertiary/aromatic N) is 2. The maximum atomic E-state index is 12.7. The molecule has 4 rings (SSSR count). The number of hydrogen-bond donors (Lipinski definition) is 1. The molecule has 0 aliphatic heterocycles. The van der Waals surface area contributed by atoms with Crippen LogP contribution in [-0.2, 0) is 0 Å².